The second kappa shape index (κ2) is 2.19. The summed E-state index contributed by atoms with van der Waals surface area (Å²) in [4.78, 5) is 21.8. The van der Waals surface area contributed by atoms with Crippen molar-refractivity contribution < 1.29 is 14.3 Å². The van der Waals surface area contributed by atoms with Gasteiger partial charge in [-0.25, -0.2) is 4.79 Å². The largest absolute Gasteiger partial charge is 0.389 e. The molecule has 0 aromatic heterocycles. The summed E-state index contributed by atoms with van der Waals surface area (Å²) in [5.74, 6) is -1.03. The van der Waals surface area contributed by atoms with Gasteiger partial charge in [0.2, 0.25) is 0 Å². The number of esters is 2. The molecule has 0 bridgehead atoms. The summed E-state index contributed by atoms with van der Waals surface area (Å²) in [6, 6.07) is 0. The Kier molecular flexibility index (Phi) is 1.31. The van der Waals surface area contributed by atoms with Gasteiger partial charge in [-0.05, 0) is 19.3 Å². The van der Waals surface area contributed by atoms with Crippen LogP contribution >= 0.6 is 0 Å². The first-order valence-electron chi connectivity index (χ1n) is 3.75. The highest BCUT2D eigenvalue weighted by Crippen LogP contribution is 2.31. The molecule has 1 saturated heterocycles. The summed E-state index contributed by atoms with van der Waals surface area (Å²) in [6.07, 6.45) is 4.47. The third-order valence-electron chi connectivity index (χ3n) is 2.15. The zero-order valence-electron chi connectivity index (χ0n) is 6.00. The maximum atomic E-state index is 10.9. The van der Waals surface area contributed by atoms with Gasteiger partial charge >= 0.3 is 11.9 Å². The molecule has 1 aliphatic carbocycles. The molecule has 1 heterocycles. The van der Waals surface area contributed by atoms with E-state index < -0.39 is 5.97 Å². The van der Waals surface area contributed by atoms with Crippen LogP contribution in [0.1, 0.15) is 19.3 Å². The number of carbonyl (C=O) groups excluding carboxylic acids is 2. The maximum absolute atomic E-state index is 10.9. The number of allylic oxidation sites excluding steroid dienone is 1. The Bertz CT molecular complexity index is 252. The van der Waals surface area contributed by atoms with E-state index in [1.165, 1.54) is 0 Å². The van der Waals surface area contributed by atoms with Gasteiger partial charge in [-0.2, -0.15) is 0 Å². The third kappa shape index (κ3) is 0.878. The van der Waals surface area contributed by atoms with E-state index in [1.807, 2.05) is 6.08 Å². The quantitative estimate of drug-likeness (QED) is 0.381. The van der Waals surface area contributed by atoms with E-state index in [0.717, 1.165) is 19.3 Å². The topological polar surface area (TPSA) is 43.4 Å². The van der Waals surface area contributed by atoms with E-state index in [9.17, 15) is 9.59 Å². The molecule has 1 fully saturated rings. The van der Waals surface area contributed by atoms with Crippen molar-refractivity contribution in [3.05, 3.63) is 11.6 Å². The SMILES string of the molecule is O=C1OC(=O)[C@@H]2CCCC=C12. The van der Waals surface area contributed by atoms with Crippen LogP contribution in [0.2, 0.25) is 0 Å². The Balaban J connectivity index is 2.36. The molecule has 0 N–H and O–H groups in total. The van der Waals surface area contributed by atoms with Gasteiger partial charge in [-0.15, -0.1) is 0 Å². The van der Waals surface area contributed by atoms with Crippen molar-refractivity contribution in [2.75, 3.05) is 0 Å². The predicted molar refractivity (Wildman–Crippen MR) is 36.5 cm³/mol. The van der Waals surface area contributed by atoms with E-state index >= 15 is 0 Å². The van der Waals surface area contributed by atoms with E-state index in [-0.39, 0.29) is 11.9 Å². The fourth-order valence-electron chi connectivity index (χ4n) is 1.57. The van der Waals surface area contributed by atoms with Gasteiger partial charge in [0.25, 0.3) is 0 Å². The zero-order chi connectivity index (χ0) is 7.84. The van der Waals surface area contributed by atoms with E-state index in [4.69, 9.17) is 0 Å². The third-order valence-corrected chi connectivity index (χ3v) is 2.15. The standard InChI is InChI=1S/C8H8O3/c9-7-5-3-1-2-4-6(5)8(10)11-7/h3,6H,1-2,4H2/t6-/m1/s1. The molecule has 1 aliphatic heterocycles. The second-order valence-electron chi connectivity index (χ2n) is 2.85. The van der Waals surface area contributed by atoms with Crippen molar-refractivity contribution in [3.8, 4) is 0 Å². The van der Waals surface area contributed by atoms with Gasteiger partial charge in [0, 0.05) is 5.57 Å². The van der Waals surface area contributed by atoms with Crippen LogP contribution in [0.4, 0.5) is 0 Å². The van der Waals surface area contributed by atoms with Crippen LogP contribution in [-0.4, -0.2) is 11.9 Å². The van der Waals surface area contributed by atoms with Crippen molar-refractivity contribution in [1.29, 1.82) is 0 Å². The molecule has 2 rings (SSSR count). The molecular formula is C8H8O3. The minimum Gasteiger partial charge on any atom is -0.389 e. The van der Waals surface area contributed by atoms with Gasteiger partial charge in [0.15, 0.2) is 0 Å². The lowest BCUT2D eigenvalue weighted by atomic mass is 9.90. The second-order valence-corrected chi connectivity index (χ2v) is 2.85. The van der Waals surface area contributed by atoms with Crippen LogP contribution in [0, 0.1) is 5.92 Å². The Morgan fingerprint density at radius 1 is 1.45 bits per heavy atom. The Labute approximate surface area is 64.0 Å². The monoisotopic (exact) mass is 152 g/mol. The zero-order valence-corrected chi connectivity index (χ0v) is 6.00. The average molecular weight is 152 g/mol. The smallest absolute Gasteiger partial charge is 0.342 e. The molecular weight excluding hydrogens is 144 g/mol. The van der Waals surface area contributed by atoms with Crippen LogP contribution in [0.3, 0.4) is 0 Å². The number of ether oxygens (including phenoxy) is 1. The number of hydrogen-bond donors (Lipinski definition) is 0. The molecule has 3 nitrogen and oxygen atoms in total. The van der Waals surface area contributed by atoms with E-state index in [2.05, 4.69) is 4.74 Å². The Hall–Kier alpha value is -1.12. The van der Waals surface area contributed by atoms with Crippen molar-refractivity contribution >= 4 is 11.9 Å². The Morgan fingerprint density at radius 2 is 2.27 bits per heavy atom. The van der Waals surface area contributed by atoms with Crippen molar-refractivity contribution in [1.82, 2.24) is 0 Å². The normalized spacial score (nSPS) is 29.5. The van der Waals surface area contributed by atoms with Crippen LogP contribution < -0.4 is 0 Å². The molecule has 3 heteroatoms. The van der Waals surface area contributed by atoms with Gasteiger partial charge < -0.3 is 4.74 Å². The molecule has 0 aromatic rings. The molecule has 1 atom stereocenters. The lowest BCUT2D eigenvalue weighted by Gasteiger charge is -2.09. The highest BCUT2D eigenvalue weighted by molar-refractivity contribution is 6.07. The van der Waals surface area contributed by atoms with E-state index in [0.29, 0.717) is 5.57 Å². The molecule has 11 heavy (non-hydrogen) atoms. The van der Waals surface area contributed by atoms with Crippen LogP contribution in [0.5, 0.6) is 0 Å². The molecule has 0 aromatic carbocycles. The summed E-state index contributed by atoms with van der Waals surface area (Å²) in [7, 11) is 0. The first-order valence-corrected chi connectivity index (χ1v) is 3.75. The fraction of sp³-hybridized carbons (Fsp3) is 0.500. The van der Waals surface area contributed by atoms with Crippen molar-refractivity contribution in [3.63, 3.8) is 0 Å². The fourth-order valence-corrected chi connectivity index (χ4v) is 1.57. The maximum Gasteiger partial charge on any atom is 0.342 e. The summed E-state index contributed by atoms with van der Waals surface area (Å²) < 4.78 is 4.46. The first-order chi connectivity index (χ1) is 5.29. The highest BCUT2D eigenvalue weighted by atomic mass is 16.6. The molecule has 58 valence electrons. The van der Waals surface area contributed by atoms with Crippen LogP contribution in [0.25, 0.3) is 0 Å². The number of carbonyl (C=O) groups is 2. The Morgan fingerprint density at radius 3 is 3.00 bits per heavy atom. The molecule has 0 saturated carbocycles. The first kappa shape index (κ1) is 6.58. The lowest BCUT2D eigenvalue weighted by Crippen LogP contribution is -2.11. The molecule has 0 unspecified atom stereocenters. The highest BCUT2D eigenvalue weighted by Gasteiger charge is 2.39. The minimum absolute atomic E-state index is 0.240. The van der Waals surface area contributed by atoms with Gasteiger partial charge in [0.1, 0.15) is 0 Å². The lowest BCUT2D eigenvalue weighted by molar-refractivity contribution is -0.152. The molecule has 0 spiro atoms. The number of cyclic esters (lactones) is 2. The summed E-state index contributed by atoms with van der Waals surface area (Å²) in [6.45, 7) is 0. The summed E-state index contributed by atoms with van der Waals surface area (Å²) in [5.41, 5.74) is 0.584. The van der Waals surface area contributed by atoms with Gasteiger partial charge in [-0.3, -0.25) is 4.79 Å². The molecule has 0 radical (unpaired) electrons. The summed E-state index contributed by atoms with van der Waals surface area (Å²) >= 11 is 0. The molecule has 2 aliphatic rings. The average Bonchev–Trinajstić information content (AvgIpc) is 2.30. The summed E-state index contributed by atoms with van der Waals surface area (Å²) in [5, 5.41) is 0. The number of fused-ring (bicyclic) bond motifs is 1. The molecule has 0 amide bonds. The number of hydrogen-bond acceptors (Lipinski definition) is 3. The minimum atomic E-state index is -0.431. The van der Waals surface area contributed by atoms with Gasteiger partial charge in [0.05, 0.1) is 5.92 Å². The van der Waals surface area contributed by atoms with E-state index in [1.54, 1.807) is 0 Å². The number of rotatable bonds is 0. The van der Waals surface area contributed by atoms with Crippen LogP contribution in [-0.2, 0) is 14.3 Å². The van der Waals surface area contributed by atoms with Crippen molar-refractivity contribution in [2.45, 2.75) is 19.3 Å². The van der Waals surface area contributed by atoms with Gasteiger partial charge in [-0.1, -0.05) is 6.08 Å². The predicted octanol–water partition coefficient (Wildman–Crippen LogP) is 0.796. The van der Waals surface area contributed by atoms with Crippen LogP contribution in [0.15, 0.2) is 11.6 Å². The van der Waals surface area contributed by atoms with Crippen molar-refractivity contribution in [2.24, 2.45) is 5.92 Å².